The Bertz CT molecular complexity index is 1300. The summed E-state index contributed by atoms with van der Waals surface area (Å²) in [6.07, 6.45) is 0. The number of amides is 1. The van der Waals surface area contributed by atoms with Crippen LogP contribution in [0.2, 0.25) is 0 Å². The van der Waals surface area contributed by atoms with Gasteiger partial charge in [-0.1, -0.05) is 48.5 Å². The number of carbonyl (C=O) groups is 2. The minimum Gasteiger partial charge on any atom is -0.452 e. The van der Waals surface area contributed by atoms with Crippen LogP contribution in [-0.2, 0) is 24.3 Å². The number of nitrogens with one attached hydrogen (secondary N) is 1. The molecule has 3 aromatic rings. The van der Waals surface area contributed by atoms with Gasteiger partial charge in [0.1, 0.15) is 0 Å². The number of ether oxygens (including phenoxy) is 2. The summed E-state index contributed by atoms with van der Waals surface area (Å²) in [5.74, 6) is -1.28. The van der Waals surface area contributed by atoms with Crippen molar-refractivity contribution in [3.05, 3.63) is 83.9 Å². The Morgan fingerprint density at radius 3 is 2.29 bits per heavy atom. The number of hydrogen-bond acceptors (Lipinski definition) is 6. The molecule has 0 aliphatic carbocycles. The van der Waals surface area contributed by atoms with Crippen LogP contribution >= 0.6 is 0 Å². The zero-order chi connectivity index (χ0) is 24.8. The van der Waals surface area contributed by atoms with Crippen molar-refractivity contribution in [1.29, 1.82) is 0 Å². The van der Waals surface area contributed by atoms with Crippen LogP contribution < -0.4 is 5.32 Å². The van der Waals surface area contributed by atoms with Crippen molar-refractivity contribution >= 4 is 27.6 Å². The van der Waals surface area contributed by atoms with E-state index in [-0.39, 0.29) is 23.5 Å². The van der Waals surface area contributed by atoms with Gasteiger partial charge in [0.2, 0.25) is 10.0 Å². The SMILES string of the molecule is Cc1ccc(C(=O)OCC(=O)Nc2ccc(-c3ccccc3)cc2)cc1S(=O)(=O)N1CCOCC1. The first-order valence-corrected chi connectivity index (χ1v) is 12.6. The van der Waals surface area contributed by atoms with Gasteiger partial charge in [0.05, 0.1) is 23.7 Å². The second kappa shape index (κ2) is 10.8. The van der Waals surface area contributed by atoms with E-state index >= 15 is 0 Å². The lowest BCUT2D eigenvalue weighted by Gasteiger charge is -2.26. The number of hydrogen-bond donors (Lipinski definition) is 1. The molecule has 1 aliphatic heterocycles. The second-order valence-corrected chi connectivity index (χ2v) is 9.97. The van der Waals surface area contributed by atoms with E-state index in [1.165, 1.54) is 16.4 Å². The third kappa shape index (κ3) is 5.94. The predicted molar refractivity (Wildman–Crippen MR) is 132 cm³/mol. The summed E-state index contributed by atoms with van der Waals surface area (Å²) < 4.78 is 37.7. The van der Waals surface area contributed by atoms with Gasteiger partial charge in [-0.15, -0.1) is 0 Å². The van der Waals surface area contributed by atoms with Gasteiger partial charge >= 0.3 is 5.97 Å². The molecule has 0 atom stereocenters. The highest BCUT2D eigenvalue weighted by Crippen LogP contribution is 2.23. The van der Waals surface area contributed by atoms with E-state index in [2.05, 4.69) is 5.32 Å². The Kier molecular flexibility index (Phi) is 7.60. The topological polar surface area (TPSA) is 102 Å². The summed E-state index contributed by atoms with van der Waals surface area (Å²) in [7, 11) is -3.78. The second-order valence-electron chi connectivity index (χ2n) is 8.06. The summed E-state index contributed by atoms with van der Waals surface area (Å²) >= 11 is 0. The number of sulfonamides is 1. The zero-order valence-electron chi connectivity index (χ0n) is 19.3. The molecule has 0 spiro atoms. The van der Waals surface area contributed by atoms with Crippen LogP contribution in [0.5, 0.6) is 0 Å². The van der Waals surface area contributed by atoms with Crippen LogP contribution in [0.4, 0.5) is 5.69 Å². The van der Waals surface area contributed by atoms with Crippen molar-refractivity contribution in [1.82, 2.24) is 4.31 Å². The highest BCUT2D eigenvalue weighted by Gasteiger charge is 2.28. The molecule has 0 bridgehead atoms. The van der Waals surface area contributed by atoms with Crippen LogP contribution in [0.25, 0.3) is 11.1 Å². The number of anilines is 1. The molecular weight excluding hydrogens is 468 g/mol. The highest BCUT2D eigenvalue weighted by molar-refractivity contribution is 7.89. The quantitative estimate of drug-likeness (QED) is 0.505. The van der Waals surface area contributed by atoms with Gasteiger partial charge in [0.15, 0.2) is 6.61 Å². The van der Waals surface area contributed by atoms with Crippen LogP contribution in [0.1, 0.15) is 15.9 Å². The van der Waals surface area contributed by atoms with E-state index in [0.29, 0.717) is 24.5 Å². The zero-order valence-corrected chi connectivity index (χ0v) is 20.1. The fraction of sp³-hybridized carbons (Fsp3) is 0.231. The molecule has 182 valence electrons. The molecule has 1 fully saturated rings. The smallest absolute Gasteiger partial charge is 0.338 e. The monoisotopic (exact) mass is 494 g/mol. The maximum absolute atomic E-state index is 13.0. The van der Waals surface area contributed by atoms with Gasteiger partial charge < -0.3 is 14.8 Å². The summed E-state index contributed by atoms with van der Waals surface area (Å²) in [6.45, 7) is 2.32. The molecule has 0 radical (unpaired) electrons. The molecule has 35 heavy (non-hydrogen) atoms. The van der Waals surface area contributed by atoms with E-state index in [9.17, 15) is 18.0 Å². The fourth-order valence-electron chi connectivity index (χ4n) is 3.72. The third-order valence-electron chi connectivity index (χ3n) is 5.62. The maximum atomic E-state index is 13.0. The van der Waals surface area contributed by atoms with Gasteiger partial charge in [-0.05, 0) is 47.9 Å². The average Bonchev–Trinajstić information content (AvgIpc) is 2.89. The van der Waals surface area contributed by atoms with Gasteiger partial charge in [-0.3, -0.25) is 4.79 Å². The predicted octanol–water partition coefficient (Wildman–Crippen LogP) is 3.48. The Labute approximate surface area is 204 Å². The van der Waals surface area contributed by atoms with E-state index in [1.54, 1.807) is 25.1 Å². The van der Waals surface area contributed by atoms with E-state index in [0.717, 1.165) is 11.1 Å². The molecule has 9 heteroatoms. The van der Waals surface area contributed by atoms with Crippen LogP contribution in [0, 0.1) is 6.92 Å². The van der Waals surface area contributed by atoms with Crippen LogP contribution in [0.3, 0.4) is 0 Å². The molecule has 1 aliphatic rings. The van der Waals surface area contributed by atoms with Crippen molar-refractivity contribution in [2.24, 2.45) is 0 Å². The maximum Gasteiger partial charge on any atom is 0.338 e. The lowest BCUT2D eigenvalue weighted by atomic mass is 10.1. The molecule has 0 saturated carbocycles. The number of esters is 1. The van der Waals surface area contributed by atoms with Gasteiger partial charge in [0.25, 0.3) is 5.91 Å². The summed E-state index contributed by atoms with van der Waals surface area (Å²) in [5, 5.41) is 2.68. The molecule has 4 rings (SSSR count). The Hall–Kier alpha value is -3.53. The van der Waals surface area contributed by atoms with Crippen molar-refractivity contribution < 1.29 is 27.5 Å². The third-order valence-corrected chi connectivity index (χ3v) is 7.66. The van der Waals surface area contributed by atoms with Crippen molar-refractivity contribution in [2.45, 2.75) is 11.8 Å². The fourth-order valence-corrected chi connectivity index (χ4v) is 5.38. The van der Waals surface area contributed by atoms with Gasteiger partial charge in [0, 0.05) is 18.8 Å². The van der Waals surface area contributed by atoms with Crippen LogP contribution in [0.15, 0.2) is 77.7 Å². The molecule has 0 unspecified atom stereocenters. The molecule has 1 saturated heterocycles. The molecule has 3 aromatic carbocycles. The summed E-state index contributed by atoms with van der Waals surface area (Å²) in [6, 6.07) is 21.5. The number of benzene rings is 3. The Morgan fingerprint density at radius 1 is 0.943 bits per heavy atom. The van der Waals surface area contributed by atoms with E-state index < -0.39 is 28.5 Å². The molecule has 1 amide bonds. The van der Waals surface area contributed by atoms with Crippen molar-refractivity contribution in [2.75, 3.05) is 38.2 Å². The number of rotatable bonds is 7. The summed E-state index contributed by atoms with van der Waals surface area (Å²) in [4.78, 5) is 24.9. The highest BCUT2D eigenvalue weighted by atomic mass is 32.2. The minimum atomic E-state index is -3.78. The number of nitrogens with zero attached hydrogens (tertiary/aromatic N) is 1. The van der Waals surface area contributed by atoms with Gasteiger partial charge in [-0.25, -0.2) is 13.2 Å². The molecule has 0 aromatic heterocycles. The van der Waals surface area contributed by atoms with Crippen molar-refractivity contribution in [3.63, 3.8) is 0 Å². The molecule has 1 heterocycles. The average molecular weight is 495 g/mol. The number of morpholine rings is 1. The Morgan fingerprint density at radius 2 is 1.60 bits per heavy atom. The lowest BCUT2D eigenvalue weighted by molar-refractivity contribution is -0.119. The summed E-state index contributed by atoms with van der Waals surface area (Å²) in [5.41, 5.74) is 3.22. The first-order chi connectivity index (χ1) is 16.8. The first kappa shape index (κ1) is 24.6. The van der Waals surface area contributed by atoms with Crippen molar-refractivity contribution in [3.8, 4) is 11.1 Å². The minimum absolute atomic E-state index is 0.0387. The first-order valence-electron chi connectivity index (χ1n) is 11.2. The Balaban J connectivity index is 1.37. The lowest BCUT2D eigenvalue weighted by Crippen LogP contribution is -2.40. The molecule has 8 nitrogen and oxygen atoms in total. The largest absolute Gasteiger partial charge is 0.452 e. The molecule has 1 N–H and O–H groups in total. The van der Waals surface area contributed by atoms with Gasteiger partial charge in [-0.2, -0.15) is 4.31 Å². The van der Waals surface area contributed by atoms with E-state index in [1.807, 2.05) is 42.5 Å². The standard InChI is InChI=1S/C26H26N2O6S/c1-19-7-8-22(17-24(19)35(31,32)28-13-15-33-16-14-28)26(30)34-18-25(29)27-23-11-9-21(10-12-23)20-5-3-2-4-6-20/h2-12,17H,13-16,18H2,1H3,(H,27,29). The normalized spacial score (nSPS) is 14.3. The molecular formula is C26H26N2O6S. The number of carbonyl (C=O) groups excluding carboxylic acids is 2. The van der Waals surface area contributed by atoms with Crippen LogP contribution in [-0.4, -0.2) is 57.5 Å². The number of aryl methyl sites for hydroxylation is 1. The van der Waals surface area contributed by atoms with E-state index in [4.69, 9.17) is 9.47 Å².